The van der Waals surface area contributed by atoms with E-state index in [-0.39, 0.29) is 17.4 Å². The van der Waals surface area contributed by atoms with Gasteiger partial charge in [0.25, 0.3) is 5.69 Å². The van der Waals surface area contributed by atoms with Crippen LogP contribution in [0.3, 0.4) is 0 Å². The highest BCUT2D eigenvalue weighted by atomic mass is 35.5. The lowest BCUT2D eigenvalue weighted by Gasteiger charge is -2.10. The Labute approximate surface area is 102 Å². The molecule has 0 saturated heterocycles. The van der Waals surface area contributed by atoms with E-state index in [1.807, 2.05) is 0 Å². The minimum Gasteiger partial charge on any atom is -0.298 e. The topological polar surface area (TPSA) is 60.2 Å². The molecule has 1 unspecified atom stereocenters. The van der Waals surface area contributed by atoms with Gasteiger partial charge in [-0.25, -0.2) is 0 Å². The van der Waals surface area contributed by atoms with E-state index < -0.39 is 10.3 Å². The molecule has 0 radical (unpaired) electrons. The van der Waals surface area contributed by atoms with Crippen molar-refractivity contribution in [1.82, 2.24) is 0 Å². The van der Waals surface area contributed by atoms with E-state index in [4.69, 9.17) is 23.2 Å². The second kappa shape index (κ2) is 5.27. The Hall–Kier alpha value is -1.13. The lowest BCUT2D eigenvalue weighted by molar-refractivity contribution is -0.385. The molecule has 16 heavy (non-hydrogen) atoms. The number of carbonyl (C=O) groups is 1. The Morgan fingerprint density at radius 1 is 1.56 bits per heavy atom. The first-order valence-corrected chi connectivity index (χ1v) is 5.42. The second-order valence-electron chi connectivity index (χ2n) is 3.21. The number of Topliss-reactive ketones (excluding diaryl/α,β-unsaturated/α-hetero) is 1. The molecule has 6 heteroatoms. The number of nitrogens with zero attached hydrogens (tertiary/aromatic N) is 1. The van der Waals surface area contributed by atoms with Crippen molar-refractivity contribution in [2.75, 3.05) is 0 Å². The van der Waals surface area contributed by atoms with Crippen LogP contribution in [-0.4, -0.2) is 10.7 Å². The first kappa shape index (κ1) is 12.9. The average molecular weight is 262 g/mol. The SMILES string of the molecule is CC(=O)C(Cl)c1cccc([N+](=O)[O-])c1CCl. The molecule has 4 nitrogen and oxygen atoms in total. The van der Waals surface area contributed by atoms with Gasteiger partial charge in [0.2, 0.25) is 0 Å². The van der Waals surface area contributed by atoms with Gasteiger partial charge in [-0.2, -0.15) is 0 Å². The van der Waals surface area contributed by atoms with Gasteiger partial charge in [0.15, 0.2) is 5.78 Å². The third kappa shape index (κ3) is 2.51. The molecule has 1 rings (SSSR count). The number of halogens is 2. The first-order chi connectivity index (χ1) is 7.49. The van der Waals surface area contributed by atoms with Crippen LogP contribution < -0.4 is 0 Å². The average Bonchev–Trinajstić information content (AvgIpc) is 2.26. The van der Waals surface area contributed by atoms with E-state index in [0.29, 0.717) is 11.1 Å². The molecule has 0 aliphatic heterocycles. The van der Waals surface area contributed by atoms with Crippen LogP contribution in [0, 0.1) is 10.1 Å². The largest absolute Gasteiger partial charge is 0.298 e. The summed E-state index contributed by atoms with van der Waals surface area (Å²) in [5.74, 6) is -0.322. The molecule has 0 bridgehead atoms. The van der Waals surface area contributed by atoms with Gasteiger partial charge in [-0.15, -0.1) is 23.2 Å². The zero-order valence-electron chi connectivity index (χ0n) is 8.44. The van der Waals surface area contributed by atoms with Crippen molar-refractivity contribution in [2.24, 2.45) is 0 Å². The number of alkyl halides is 2. The summed E-state index contributed by atoms with van der Waals surface area (Å²) >= 11 is 11.5. The molecular weight excluding hydrogens is 253 g/mol. The number of hydrogen-bond donors (Lipinski definition) is 0. The van der Waals surface area contributed by atoms with Crippen LogP contribution in [0.25, 0.3) is 0 Å². The number of benzene rings is 1. The summed E-state index contributed by atoms with van der Waals surface area (Å²) in [4.78, 5) is 21.4. The van der Waals surface area contributed by atoms with E-state index in [9.17, 15) is 14.9 Å². The summed E-state index contributed by atoms with van der Waals surface area (Å²) in [6, 6.07) is 4.40. The van der Waals surface area contributed by atoms with Gasteiger partial charge in [-0.1, -0.05) is 12.1 Å². The number of nitro groups is 1. The molecule has 1 atom stereocenters. The summed E-state index contributed by atoms with van der Waals surface area (Å²) in [6.07, 6.45) is 0. The Bertz CT molecular complexity index is 434. The molecule has 1 aromatic rings. The molecule has 0 fully saturated rings. The molecule has 0 heterocycles. The fraction of sp³-hybridized carbons (Fsp3) is 0.300. The first-order valence-electron chi connectivity index (χ1n) is 4.45. The van der Waals surface area contributed by atoms with Crippen molar-refractivity contribution < 1.29 is 9.72 Å². The van der Waals surface area contributed by atoms with E-state index in [0.717, 1.165) is 0 Å². The molecule has 0 aliphatic rings. The maximum Gasteiger partial charge on any atom is 0.274 e. The molecular formula is C10H9Cl2NO3. The molecule has 0 aliphatic carbocycles. The van der Waals surface area contributed by atoms with Gasteiger partial charge >= 0.3 is 0 Å². The molecule has 1 aromatic carbocycles. The van der Waals surface area contributed by atoms with Crippen molar-refractivity contribution in [3.63, 3.8) is 0 Å². The Morgan fingerprint density at radius 2 is 2.19 bits per heavy atom. The highest BCUT2D eigenvalue weighted by Gasteiger charge is 2.23. The molecule has 0 aromatic heterocycles. The third-order valence-corrected chi connectivity index (χ3v) is 2.96. The van der Waals surface area contributed by atoms with Crippen LogP contribution in [0.5, 0.6) is 0 Å². The summed E-state index contributed by atoms with van der Waals surface area (Å²) in [5.41, 5.74) is 0.585. The summed E-state index contributed by atoms with van der Waals surface area (Å²) < 4.78 is 0. The van der Waals surface area contributed by atoms with Crippen LogP contribution in [0.4, 0.5) is 5.69 Å². The van der Waals surface area contributed by atoms with Gasteiger partial charge in [0.1, 0.15) is 5.38 Å². The quantitative estimate of drug-likeness (QED) is 0.475. The maximum absolute atomic E-state index is 11.1. The number of rotatable bonds is 4. The van der Waals surface area contributed by atoms with Crippen molar-refractivity contribution in [3.8, 4) is 0 Å². The minimum atomic E-state index is -0.895. The molecule has 0 spiro atoms. The van der Waals surface area contributed by atoms with Crippen molar-refractivity contribution in [1.29, 1.82) is 0 Å². The Kier molecular flexibility index (Phi) is 4.26. The zero-order valence-corrected chi connectivity index (χ0v) is 9.96. The van der Waals surface area contributed by atoms with Gasteiger partial charge < -0.3 is 0 Å². The number of carbonyl (C=O) groups excluding carboxylic acids is 1. The summed E-state index contributed by atoms with van der Waals surface area (Å²) in [7, 11) is 0. The molecule has 0 saturated carbocycles. The van der Waals surface area contributed by atoms with Crippen molar-refractivity contribution in [3.05, 3.63) is 39.4 Å². The van der Waals surface area contributed by atoms with Crippen molar-refractivity contribution in [2.45, 2.75) is 18.2 Å². The van der Waals surface area contributed by atoms with E-state index in [2.05, 4.69) is 0 Å². The molecule has 0 N–H and O–H groups in total. The third-order valence-electron chi connectivity index (χ3n) is 2.15. The van der Waals surface area contributed by atoms with E-state index >= 15 is 0 Å². The van der Waals surface area contributed by atoms with Crippen LogP contribution >= 0.6 is 23.2 Å². The molecule has 86 valence electrons. The minimum absolute atomic E-state index is 0.0526. The van der Waals surface area contributed by atoms with Crippen LogP contribution in [0.1, 0.15) is 23.4 Å². The van der Waals surface area contributed by atoms with Gasteiger partial charge in [0, 0.05) is 11.6 Å². The normalized spacial score (nSPS) is 12.2. The Balaban J connectivity index is 3.34. The van der Waals surface area contributed by atoms with Crippen LogP contribution in [0.15, 0.2) is 18.2 Å². The smallest absolute Gasteiger partial charge is 0.274 e. The van der Waals surface area contributed by atoms with Crippen molar-refractivity contribution >= 4 is 34.7 Å². The second-order valence-corrected chi connectivity index (χ2v) is 3.91. The Morgan fingerprint density at radius 3 is 2.62 bits per heavy atom. The lowest BCUT2D eigenvalue weighted by Crippen LogP contribution is -2.06. The van der Waals surface area contributed by atoms with Gasteiger partial charge in [0.05, 0.1) is 10.8 Å². The van der Waals surface area contributed by atoms with Crippen LogP contribution in [0.2, 0.25) is 0 Å². The number of ketones is 1. The summed E-state index contributed by atoms with van der Waals surface area (Å²) in [5, 5.41) is 9.85. The monoisotopic (exact) mass is 261 g/mol. The lowest BCUT2D eigenvalue weighted by atomic mass is 10.0. The number of nitro benzene ring substituents is 1. The summed E-state index contributed by atoms with van der Waals surface area (Å²) in [6.45, 7) is 1.33. The highest BCUT2D eigenvalue weighted by molar-refractivity contribution is 6.31. The molecule has 0 amide bonds. The fourth-order valence-electron chi connectivity index (χ4n) is 1.37. The predicted molar refractivity (Wildman–Crippen MR) is 61.9 cm³/mol. The standard InChI is InChI=1S/C10H9Cl2NO3/c1-6(14)10(12)7-3-2-4-9(13(15)16)8(7)5-11/h2-4,10H,5H2,1H3. The zero-order chi connectivity index (χ0) is 12.3. The van der Waals surface area contributed by atoms with Crippen LogP contribution in [-0.2, 0) is 10.7 Å². The number of hydrogen-bond acceptors (Lipinski definition) is 3. The highest BCUT2D eigenvalue weighted by Crippen LogP contribution is 2.31. The maximum atomic E-state index is 11.1. The van der Waals surface area contributed by atoms with Gasteiger partial charge in [-0.05, 0) is 12.5 Å². The predicted octanol–water partition coefficient (Wildman–Crippen LogP) is 3.20. The fourth-order valence-corrected chi connectivity index (χ4v) is 1.86. The van der Waals surface area contributed by atoms with E-state index in [1.165, 1.54) is 19.1 Å². The van der Waals surface area contributed by atoms with Gasteiger partial charge in [-0.3, -0.25) is 14.9 Å². The van der Waals surface area contributed by atoms with E-state index in [1.54, 1.807) is 6.07 Å².